The number of carbonyl (C=O) groups excluding carboxylic acids is 2. The largest absolute Gasteiger partial charge is 0.493 e. The molecule has 2 aromatic rings. The molecular weight excluding hydrogens is 372 g/mol. The van der Waals surface area contributed by atoms with Crippen molar-refractivity contribution in [2.45, 2.75) is 0 Å². The predicted octanol–water partition coefficient (Wildman–Crippen LogP) is 2.42. The zero-order valence-electron chi connectivity index (χ0n) is 15.4. The molecular formula is C18H18N2O8. The third-order valence-corrected chi connectivity index (χ3v) is 3.61. The van der Waals surface area contributed by atoms with Gasteiger partial charge < -0.3 is 24.3 Å². The lowest BCUT2D eigenvalue weighted by Crippen LogP contribution is -2.21. The molecule has 2 aromatic carbocycles. The maximum Gasteiger partial charge on any atom is 0.338 e. The summed E-state index contributed by atoms with van der Waals surface area (Å²) in [4.78, 5) is 34.6. The molecule has 0 saturated heterocycles. The Balaban J connectivity index is 2.08. The monoisotopic (exact) mass is 390 g/mol. The second-order valence-corrected chi connectivity index (χ2v) is 5.31. The summed E-state index contributed by atoms with van der Waals surface area (Å²) in [6.07, 6.45) is 0. The molecule has 0 saturated carbocycles. The Morgan fingerprint density at radius 1 is 1.04 bits per heavy atom. The molecule has 0 spiro atoms. The minimum Gasteiger partial charge on any atom is -0.493 e. The first-order valence-corrected chi connectivity index (χ1v) is 7.91. The van der Waals surface area contributed by atoms with E-state index in [2.05, 4.69) is 5.32 Å². The minimum atomic E-state index is -0.808. The van der Waals surface area contributed by atoms with Crippen LogP contribution in [0.15, 0.2) is 36.4 Å². The molecule has 10 heteroatoms. The molecule has 0 aliphatic carbocycles. The summed E-state index contributed by atoms with van der Waals surface area (Å²) in [5.74, 6) is -0.737. The van der Waals surface area contributed by atoms with Crippen LogP contribution in [0.5, 0.6) is 17.2 Å². The number of hydrogen-bond acceptors (Lipinski definition) is 8. The van der Waals surface area contributed by atoms with Gasteiger partial charge in [0.25, 0.3) is 11.6 Å². The SMILES string of the molecule is COc1cc(C(=O)OCC(=O)Nc2ccccc2[N+](=O)[O-])cc(OC)c1OC. The van der Waals surface area contributed by atoms with Gasteiger partial charge in [0.15, 0.2) is 18.1 Å². The van der Waals surface area contributed by atoms with Crippen molar-refractivity contribution in [1.29, 1.82) is 0 Å². The van der Waals surface area contributed by atoms with Gasteiger partial charge >= 0.3 is 5.97 Å². The lowest BCUT2D eigenvalue weighted by Gasteiger charge is -2.13. The van der Waals surface area contributed by atoms with Crippen LogP contribution in [0.3, 0.4) is 0 Å². The van der Waals surface area contributed by atoms with Gasteiger partial charge in [-0.25, -0.2) is 4.79 Å². The van der Waals surface area contributed by atoms with Crippen molar-refractivity contribution in [2.75, 3.05) is 33.3 Å². The van der Waals surface area contributed by atoms with Crippen molar-refractivity contribution >= 4 is 23.3 Å². The highest BCUT2D eigenvalue weighted by Crippen LogP contribution is 2.38. The summed E-state index contributed by atoms with van der Waals surface area (Å²) >= 11 is 0. The van der Waals surface area contributed by atoms with Gasteiger partial charge in [0.05, 0.1) is 31.8 Å². The normalized spacial score (nSPS) is 9.96. The number of para-hydroxylation sites is 2. The average molecular weight is 390 g/mol. The molecule has 0 aliphatic heterocycles. The van der Waals surface area contributed by atoms with E-state index in [-0.39, 0.29) is 28.4 Å². The minimum absolute atomic E-state index is 0.00124. The Hall–Kier alpha value is -3.82. The van der Waals surface area contributed by atoms with E-state index in [1.807, 2.05) is 0 Å². The number of carbonyl (C=O) groups is 2. The van der Waals surface area contributed by atoms with Gasteiger partial charge in [-0.05, 0) is 18.2 Å². The summed E-state index contributed by atoms with van der Waals surface area (Å²) in [5, 5.41) is 13.3. The van der Waals surface area contributed by atoms with Crippen LogP contribution in [0.2, 0.25) is 0 Å². The molecule has 0 bridgehead atoms. The Labute approximate surface area is 160 Å². The number of anilines is 1. The number of nitrogens with zero attached hydrogens (tertiary/aromatic N) is 1. The lowest BCUT2D eigenvalue weighted by molar-refractivity contribution is -0.383. The van der Waals surface area contributed by atoms with E-state index in [9.17, 15) is 19.7 Å². The molecule has 2 rings (SSSR count). The van der Waals surface area contributed by atoms with Crippen molar-refractivity contribution in [3.8, 4) is 17.2 Å². The zero-order chi connectivity index (χ0) is 20.7. The van der Waals surface area contributed by atoms with E-state index in [0.717, 1.165) is 0 Å². The first-order chi connectivity index (χ1) is 13.4. The number of methoxy groups -OCH3 is 3. The number of benzene rings is 2. The van der Waals surface area contributed by atoms with Gasteiger partial charge in [-0.15, -0.1) is 0 Å². The van der Waals surface area contributed by atoms with E-state index < -0.39 is 23.4 Å². The smallest absolute Gasteiger partial charge is 0.338 e. The Kier molecular flexibility index (Phi) is 6.74. The van der Waals surface area contributed by atoms with Gasteiger partial charge in [-0.3, -0.25) is 14.9 Å². The standard InChI is InChI=1S/C18H18N2O8/c1-25-14-8-11(9-15(26-2)17(14)27-3)18(22)28-10-16(21)19-12-6-4-5-7-13(12)20(23)24/h4-9H,10H2,1-3H3,(H,19,21). The van der Waals surface area contributed by atoms with Crippen LogP contribution in [0, 0.1) is 10.1 Å². The van der Waals surface area contributed by atoms with Crippen LogP contribution in [0.25, 0.3) is 0 Å². The number of rotatable bonds is 8. The fourth-order valence-electron chi connectivity index (χ4n) is 2.34. The van der Waals surface area contributed by atoms with Crippen LogP contribution < -0.4 is 19.5 Å². The molecule has 0 heterocycles. The highest BCUT2D eigenvalue weighted by molar-refractivity contribution is 5.97. The molecule has 0 fully saturated rings. The summed E-state index contributed by atoms with van der Waals surface area (Å²) < 4.78 is 20.4. The molecule has 10 nitrogen and oxygen atoms in total. The quantitative estimate of drug-likeness (QED) is 0.414. The zero-order valence-corrected chi connectivity index (χ0v) is 15.4. The van der Waals surface area contributed by atoms with E-state index >= 15 is 0 Å². The first kappa shape index (κ1) is 20.5. The lowest BCUT2D eigenvalue weighted by atomic mass is 10.2. The van der Waals surface area contributed by atoms with Gasteiger partial charge in [0, 0.05) is 6.07 Å². The Bertz CT molecular complexity index is 872. The van der Waals surface area contributed by atoms with Crippen molar-refractivity contribution in [1.82, 2.24) is 0 Å². The molecule has 0 unspecified atom stereocenters. The van der Waals surface area contributed by atoms with Gasteiger partial charge in [-0.2, -0.15) is 0 Å². The van der Waals surface area contributed by atoms with E-state index in [1.165, 1.54) is 57.7 Å². The molecule has 1 N–H and O–H groups in total. The van der Waals surface area contributed by atoms with E-state index in [0.29, 0.717) is 5.75 Å². The topological polar surface area (TPSA) is 126 Å². The predicted molar refractivity (Wildman–Crippen MR) is 98.1 cm³/mol. The van der Waals surface area contributed by atoms with Gasteiger partial charge in [-0.1, -0.05) is 12.1 Å². The summed E-state index contributed by atoms with van der Waals surface area (Å²) in [7, 11) is 4.21. The van der Waals surface area contributed by atoms with Crippen LogP contribution >= 0.6 is 0 Å². The highest BCUT2D eigenvalue weighted by Gasteiger charge is 2.20. The second kappa shape index (κ2) is 9.21. The number of amides is 1. The first-order valence-electron chi connectivity index (χ1n) is 7.91. The van der Waals surface area contributed by atoms with Crippen LogP contribution in [0.1, 0.15) is 10.4 Å². The van der Waals surface area contributed by atoms with Crippen LogP contribution in [0.4, 0.5) is 11.4 Å². The maximum atomic E-state index is 12.3. The van der Waals surface area contributed by atoms with Crippen molar-refractivity contribution in [3.05, 3.63) is 52.1 Å². The Morgan fingerprint density at radius 2 is 1.64 bits per heavy atom. The Morgan fingerprint density at radius 3 is 2.18 bits per heavy atom. The molecule has 148 valence electrons. The molecule has 0 aromatic heterocycles. The van der Waals surface area contributed by atoms with Gasteiger partial charge in [0.1, 0.15) is 5.69 Å². The number of nitro benzene ring substituents is 1. The summed E-state index contributed by atoms with van der Waals surface area (Å²) in [6, 6.07) is 8.38. The number of nitrogens with one attached hydrogen (secondary N) is 1. The molecule has 0 atom stereocenters. The van der Waals surface area contributed by atoms with E-state index in [4.69, 9.17) is 18.9 Å². The molecule has 1 amide bonds. The summed E-state index contributed by atoms with van der Waals surface area (Å²) in [6.45, 7) is -0.637. The average Bonchev–Trinajstić information content (AvgIpc) is 2.70. The van der Waals surface area contributed by atoms with Crippen molar-refractivity contribution in [3.63, 3.8) is 0 Å². The third kappa shape index (κ3) is 4.67. The van der Waals surface area contributed by atoms with Gasteiger partial charge in [0.2, 0.25) is 5.75 Å². The fourth-order valence-corrected chi connectivity index (χ4v) is 2.34. The van der Waals surface area contributed by atoms with Crippen molar-refractivity contribution in [2.24, 2.45) is 0 Å². The van der Waals surface area contributed by atoms with Crippen molar-refractivity contribution < 1.29 is 33.5 Å². The summed E-state index contributed by atoms with van der Waals surface area (Å²) in [5.41, 5.74) is -0.193. The number of nitro groups is 1. The third-order valence-electron chi connectivity index (χ3n) is 3.61. The second-order valence-electron chi connectivity index (χ2n) is 5.31. The fraction of sp³-hybridized carbons (Fsp3) is 0.222. The van der Waals surface area contributed by atoms with E-state index in [1.54, 1.807) is 0 Å². The number of esters is 1. The molecule has 28 heavy (non-hydrogen) atoms. The van der Waals surface area contributed by atoms with Crippen LogP contribution in [-0.4, -0.2) is 44.7 Å². The number of hydrogen-bond donors (Lipinski definition) is 1. The number of ether oxygens (including phenoxy) is 4. The molecule has 0 radical (unpaired) electrons. The molecule has 0 aliphatic rings. The van der Waals surface area contributed by atoms with Crippen LogP contribution in [-0.2, 0) is 9.53 Å². The highest BCUT2D eigenvalue weighted by atomic mass is 16.6. The maximum absolute atomic E-state index is 12.3.